The quantitative estimate of drug-likeness (QED) is 0.196. The molecule has 0 aromatic heterocycles. The Morgan fingerprint density at radius 3 is 2.15 bits per heavy atom. The fourth-order valence-corrected chi connectivity index (χ4v) is 5.48. The first-order valence-corrected chi connectivity index (χ1v) is 14.1. The maximum atomic E-state index is 13.4. The molecule has 2 N–H and O–H groups in total. The number of carbonyl (C=O) groups excluding carboxylic acids is 2. The van der Waals surface area contributed by atoms with Gasteiger partial charge in [0.1, 0.15) is 6.54 Å². The minimum absolute atomic E-state index is 0.0619. The van der Waals surface area contributed by atoms with Gasteiger partial charge in [0.2, 0.25) is 0 Å². The Morgan fingerprint density at radius 1 is 0.821 bits per heavy atom. The van der Waals surface area contributed by atoms with Crippen LogP contribution < -0.4 is 15.0 Å². The number of nitrogens with one attached hydrogen (secondary N) is 2. The summed E-state index contributed by atoms with van der Waals surface area (Å²) in [6, 6.07) is 30.5. The van der Waals surface area contributed by atoms with E-state index in [1.54, 1.807) is 97.9 Å². The maximum absolute atomic E-state index is 13.4. The largest absolute Gasteiger partial charge is 0.322 e. The van der Waals surface area contributed by atoms with E-state index in [9.17, 15) is 18.0 Å². The zero-order valence-corrected chi connectivity index (χ0v) is 23.3. The second-order valence-corrected chi connectivity index (χ2v) is 11.2. The van der Waals surface area contributed by atoms with E-state index in [1.807, 2.05) is 6.07 Å². The van der Waals surface area contributed by atoms with E-state index in [-0.39, 0.29) is 10.8 Å². The van der Waals surface area contributed by atoms with E-state index in [4.69, 9.17) is 0 Å². The van der Waals surface area contributed by atoms with Crippen molar-refractivity contribution in [3.63, 3.8) is 0 Å². The molecule has 198 valence electrons. The summed E-state index contributed by atoms with van der Waals surface area (Å²) in [5.74, 6) is -0.870. The van der Waals surface area contributed by atoms with Gasteiger partial charge in [-0.3, -0.25) is 13.9 Å². The number of halogens is 1. The van der Waals surface area contributed by atoms with E-state index < -0.39 is 22.5 Å². The molecule has 4 aromatic rings. The van der Waals surface area contributed by atoms with Gasteiger partial charge < -0.3 is 5.32 Å². The first-order chi connectivity index (χ1) is 18.7. The number of hydrogen-bond donors (Lipinski definition) is 2. The fraction of sp³-hybridized carbons (Fsp3) is 0.0690. The first-order valence-electron chi connectivity index (χ1n) is 11.9. The molecule has 4 rings (SSSR count). The van der Waals surface area contributed by atoms with Crippen LogP contribution in [0.5, 0.6) is 0 Å². The van der Waals surface area contributed by atoms with Gasteiger partial charge in [0.15, 0.2) is 0 Å². The van der Waals surface area contributed by atoms with Crippen molar-refractivity contribution >= 4 is 54.9 Å². The molecule has 0 heterocycles. The van der Waals surface area contributed by atoms with Crippen LogP contribution in [0, 0.1) is 0 Å². The summed E-state index contributed by atoms with van der Waals surface area (Å²) in [6.07, 6.45) is 0. The van der Waals surface area contributed by atoms with Crippen molar-refractivity contribution in [2.24, 2.45) is 5.10 Å². The number of benzene rings is 4. The normalized spacial score (nSPS) is 11.5. The van der Waals surface area contributed by atoms with Gasteiger partial charge in [-0.15, -0.1) is 0 Å². The van der Waals surface area contributed by atoms with Crippen molar-refractivity contribution in [2.45, 2.75) is 11.8 Å². The van der Waals surface area contributed by atoms with Gasteiger partial charge >= 0.3 is 0 Å². The molecule has 0 radical (unpaired) electrons. The second-order valence-electron chi connectivity index (χ2n) is 8.44. The van der Waals surface area contributed by atoms with Crippen LogP contribution >= 0.6 is 15.9 Å². The lowest BCUT2D eigenvalue weighted by molar-refractivity contribution is -0.119. The highest BCUT2D eigenvalue weighted by molar-refractivity contribution is 9.10. The average Bonchev–Trinajstić information content (AvgIpc) is 2.95. The Labute approximate surface area is 235 Å². The number of hydrogen-bond acceptors (Lipinski definition) is 5. The lowest BCUT2D eigenvalue weighted by Gasteiger charge is -2.24. The van der Waals surface area contributed by atoms with E-state index in [1.165, 1.54) is 12.1 Å². The third-order valence-corrected chi connectivity index (χ3v) is 7.92. The molecule has 8 nitrogen and oxygen atoms in total. The van der Waals surface area contributed by atoms with Gasteiger partial charge in [0, 0.05) is 15.7 Å². The van der Waals surface area contributed by atoms with Crippen molar-refractivity contribution < 1.29 is 18.0 Å². The molecule has 0 saturated heterocycles. The first kappa shape index (κ1) is 27.7. The van der Waals surface area contributed by atoms with Gasteiger partial charge in [-0.1, -0.05) is 70.5 Å². The monoisotopic (exact) mass is 604 g/mol. The van der Waals surface area contributed by atoms with Crippen LogP contribution in [0.25, 0.3) is 0 Å². The summed E-state index contributed by atoms with van der Waals surface area (Å²) in [5, 5.41) is 7.01. The predicted molar refractivity (Wildman–Crippen MR) is 156 cm³/mol. The van der Waals surface area contributed by atoms with Crippen LogP contribution in [0.3, 0.4) is 0 Å². The molecule has 39 heavy (non-hydrogen) atoms. The van der Waals surface area contributed by atoms with Crippen LogP contribution in [0.4, 0.5) is 11.4 Å². The number of rotatable bonds is 9. The van der Waals surface area contributed by atoms with Crippen molar-refractivity contribution in [2.75, 3.05) is 16.2 Å². The Balaban J connectivity index is 1.50. The van der Waals surface area contributed by atoms with E-state index >= 15 is 0 Å². The molecule has 10 heteroatoms. The molecule has 0 atom stereocenters. The zero-order chi connectivity index (χ0) is 27.8. The fourth-order valence-electron chi connectivity index (χ4n) is 3.66. The number of hydrazone groups is 1. The summed E-state index contributed by atoms with van der Waals surface area (Å²) < 4.78 is 28.6. The third-order valence-electron chi connectivity index (χ3n) is 5.64. The summed E-state index contributed by atoms with van der Waals surface area (Å²) in [4.78, 5) is 25.4. The summed E-state index contributed by atoms with van der Waals surface area (Å²) in [5.41, 5.74) is 5.01. The second kappa shape index (κ2) is 12.5. The maximum Gasteiger partial charge on any atom is 0.264 e. The highest BCUT2D eigenvalue weighted by Gasteiger charge is 2.27. The number of carbonyl (C=O) groups is 2. The van der Waals surface area contributed by atoms with Gasteiger partial charge in [0.05, 0.1) is 16.3 Å². The van der Waals surface area contributed by atoms with Gasteiger partial charge in [-0.05, 0) is 67.1 Å². The van der Waals surface area contributed by atoms with Crippen molar-refractivity contribution in [3.8, 4) is 0 Å². The van der Waals surface area contributed by atoms with Crippen LogP contribution in [-0.2, 0) is 14.8 Å². The SMILES string of the molecule is C/C(=N\NC(=O)CN(c1cccc(Br)c1)S(=O)(=O)c1ccccc1)c1cccc(NC(=O)c2ccccc2)c1. The molecule has 2 amide bonds. The summed E-state index contributed by atoms with van der Waals surface area (Å²) in [6.45, 7) is 1.21. The lowest BCUT2D eigenvalue weighted by atomic mass is 10.1. The van der Waals surface area contributed by atoms with Crippen molar-refractivity contribution in [1.82, 2.24) is 5.43 Å². The smallest absolute Gasteiger partial charge is 0.264 e. The molecule has 0 aliphatic heterocycles. The number of anilines is 2. The lowest BCUT2D eigenvalue weighted by Crippen LogP contribution is -2.39. The summed E-state index contributed by atoms with van der Waals surface area (Å²) in [7, 11) is -4.03. The van der Waals surface area contributed by atoms with Crippen molar-refractivity contribution in [1.29, 1.82) is 0 Å². The van der Waals surface area contributed by atoms with Crippen LogP contribution in [0.15, 0.2) is 124 Å². The van der Waals surface area contributed by atoms with Crippen LogP contribution in [0.2, 0.25) is 0 Å². The van der Waals surface area contributed by atoms with Crippen LogP contribution in [-0.4, -0.2) is 32.5 Å². The molecule has 0 aliphatic carbocycles. The van der Waals surface area contributed by atoms with Crippen molar-refractivity contribution in [3.05, 3.63) is 125 Å². The molecule has 4 aromatic carbocycles. The molecular weight excluding hydrogens is 580 g/mol. The van der Waals surface area contributed by atoms with E-state index in [2.05, 4.69) is 31.8 Å². The standard InChI is InChI=1S/C29H25BrN4O4S/c1-21(23-12-8-14-25(18-23)31-29(36)22-10-4-2-5-11-22)32-33-28(35)20-34(26-15-9-13-24(30)19-26)39(37,38)27-16-6-3-7-17-27/h2-19H,20H2,1H3,(H,31,36)(H,33,35)/b32-21+. The molecule has 0 aliphatic rings. The molecule has 0 fully saturated rings. The minimum Gasteiger partial charge on any atom is -0.322 e. The van der Waals surface area contributed by atoms with E-state index in [0.29, 0.717) is 32.7 Å². The van der Waals surface area contributed by atoms with Gasteiger partial charge in [-0.25, -0.2) is 13.8 Å². The number of amides is 2. The average molecular weight is 606 g/mol. The topological polar surface area (TPSA) is 108 Å². The number of nitrogens with zero attached hydrogens (tertiary/aromatic N) is 2. The van der Waals surface area contributed by atoms with E-state index in [0.717, 1.165) is 4.31 Å². The highest BCUT2D eigenvalue weighted by Crippen LogP contribution is 2.26. The Morgan fingerprint density at radius 2 is 1.46 bits per heavy atom. The Hall–Kier alpha value is -4.28. The third kappa shape index (κ3) is 7.18. The van der Waals surface area contributed by atoms with Crippen LogP contribution in [0.1, 0.15) is 22.8 Å². The Bertz CT molecular complexity index is 1610. The predicted octanol–water partition coefficient (Wildman–Crippen LogP) is 5.44. The van der Waals surface area contributed by atoms with Gasteiger partial charge in [-0.2, -0.15) is 5.10 Å². The molecule has 0 bridgehead atoms. The zero-order valence-electron chi connectivity index (χ0n) is 20.9. The Kier molecular flexibility index (Phi) is 8.90. The molecule has 0 unspecified atom stereocenters. The van der Waals surface area contributed by atoms with Gasteiger partial charge in [0.25, 0.3) is 21.8 Å². The number of sulfonamides is 1. The summed E-state index contributed by atoms with van der Waals surface area (Å²) >= 11 is 3.36. The molecular formula is C29H25BrN4O4S. The molecule has 0 spiro atoms. The molecule has 0 saturated carbocycles. The minimum atomic E-state index is -4.03. The highest BCUT2D eigenvalue weighted by atomic mass is 79.9.